The maximum absolute atomic E-state index is 12.8. The Balaban J connectivity index is 2.86. The van der Waals surface area contributed by atoms with Crippen LogP contribution in [0.2, 0.25) is 0 Å². The second-order valence-corrected chi connectivity index (χ2v) is 3.48. The molecular weight excluding hydrogens is 203 g/mol. The lowest BCUT2D eigenvalue weighted by atomic mass is 10.2. The van der Waals surface area contributed by atoms with E-state index in [2.05, 4.69) is 18.1 Å². The molecule has 5 heteroatoms. The van der Waals surface area contributed by atoms with E-state index in [0.717, 1.165) is 0 Å². The summed E-state index contributed by atoms with van der Waals surface area (Å²) in [5.74, 6) is -0.722. The third-order valence-electron chi connectivity index (χ3n) is 1.53. The molecule has 0 atom stereocenters. The van der Waals surface area contributed by atoms with E-state index in [1.54, 1.807) is 14.1 Å². The number of halogens is 1. The molecular formula is C9H11FN2OS. The number of carbonyl (C=O) groups is 1. The van der Waals surface area contributed by atoms with Crippen LogP contribution in [0.4, 0.5) is 4.39 Å². The van der Waals surface area contributed by atoms with Crippen molar-refractivity contribution in [3.63, 3.8) is 0 Å². The highest BCUT2D eigenvalue weighted by Gasteiger charge is 2.07. The number of nitrogens with one attached hydrogen (secondary N) is 1. The monoisotopic (exact) mass is 214 g/mol. The van der Waals surface area contributed by atoms with Crippen molar-refractivity contribution in [1.82, 2.24) is 10.4 Å². The average Bonchev–Trinajstić information content (AvgIpc) is 2.08. The molecule has 3 nitrogen and oxygen atoms in total. The molecule has 0 unspecified atom stereocenters. The molecule has 1 N–H and O–H groups in total. The standard InChI is InChI=1S/C9H11FN2OS/c1-12(2)11-9(13)6-3-4-7(10)8(14)5-6/h3-5,14H,1-2H3,(H,11,13). The first-order valence-electron chi connectivity index (χ1n) is 3.97. The lowest BCUT2D eigenvalue weighted by Crippen LogP contribution is -2.36. The van der Waals surface area contributed by atoms with E-state index in [4.69, 9.17) is 0 Å². The zero-order valence-electron chi connectivity index (χ0n) is 7.91. The van der Waals surface area contributed by atoms with Gasteiger partial charge in [0.25, 0.3) is 5.91 Å². The highest BCUT2D eigenvalue weighted by atomic mass is 32.1. The Bertz CT molecular complexity index is 355. The molecule has 76 valence electrons. The van der Waals surface area contributed by atoms with Crippen LogP contribution in [0, 0.1) is 5.82 Å². The molecule has 0 fully saturated rings. The molecule has 0 spiro atoms. The van der Waals surface area contributed by atoms with Crippen LogP contribution in [0.5, 0.6) is 0 Å². The SMILES string of the molecule is CN(C)NC(=O)c1ccc(F)c(S)c1. The number of nitrogens with zero attached hydrogens (tertiary/aromatic N) is 1. The Morgan fingerprint density at radius 2 is 2.14 bits per heavy atom. The van der Waals surface area contributed by atoms with Crippen molar-refractivity contribution in [1.29, 1.82) is 0 Å². The van der Waals surface area contributed by atoms with E-state index in [1.807, 2.05) is 0 Å². The number of hydrogen-bond donors (Lipinski definition) is 2. The van der Waals surface area contributed by atoms with Gasteiger partial charge in [0.15, 0.2) is 0 Å². The highest BCUT2D eigenvalue weighted by Crippen LogP contribution is 2.13. The normalized spacial score (nSPS) is 10.4. The molecule has 0 radical (unpaired) electrons. The second-order valence-electron chi connectivity index (χ2n) is 3.00. The Labute approximate surface area is 87.3 Å². The average molecular weight is 214 g/mol. The van der Waals surface area contributed by atoms with Gasteiger partial charge in [-0.1, -0.05) is 0 Å². The molecule has 0 saturated heterocycles. The first kappa shape index (κ1) is 11.0. The lowest BCUT2D eigenvalue weighted by molar-refractivity contribution is 0.0856. The Kier molecular flexibility index (Phi) is 3.49. The van der Waals surface area contributed by atoms with Gasteiger partial charge in [0.05, 0.1) is 0 Å². The van der Waals surface area contributed by atoms with Crippen LogP contribution in [-0.4, -0.2) is 25.0 Å². The van der Waals surface area contributed by atoms with Crippen molar-refractivity contribution in [2.45, 2.75) is 4.90 Å². The van der Waals surface area contributed by atoms with Crippen LogP contribution < -0.4 is 5.43 Å². The van der Waals surface area contributed by atoms with Gasteiger partial charge in [0.1, 0.15) is 5.82 Å². The Morgan fingerprint density at radius 3 is 2.64 bits per heavy atom. The summed E-state index contributed by atoms with van der Waals surface area (Å²) in [5.41, 5.74) is 2.92. The van der Waals surface area contributed by atoms with E-state index in [9.17, 15) is 9.18 Å². The maximum atomic E-state index is 12.8. The van der Waals surface area contributed by atoms with Gasteiger partial charge in [-0.05, 0) is 18.2 Å². The number of amides is 1. The number of benzene rings is 1. The van der Waals surface area contributed by atoms with Crippen LogP contribution >= 0.6 is 12.6 Å². The summed E-state index contributed by atoms with van der Waals surface area (Å²) in [6, 6.07) is 4.01. The molecule has 1 aromatic carbocycles. The molecule has 0 aromatic heterocycles. The molecule has 0 heterocycles. The van der Waals surface area contributed by atoms with E-state index in [1.165, 1.54) is 23.2 Å². The van der Waals surface area contributed by atoms with Gasteiger partial charge in [-0.3, -0.25) is 10.2 Å². The highest BCUT2D eigenvalue weighted by molar-refractivity contribution is 7.80. The fraction of sp³-hybridized carbons (Fsp3) is 0.222. The second kappa shape index (κ2) is 4.43. The molecule has 14 heavy (non-hydrogen) atoms. The smallest absolute Gasteiger partial charge is 0.265 e. The van der Waals surface area contributed by atoms with E-state index >= 15 is 0 Å². The molecule has 1 rings (SSSR count). The minimum Gasteiger partial charge on any atom is -0.285 e. The van der Waals surface area contributed by atoms with Gasteiger partial charge in [0, 0.05) is 24.6 Å². The first-order chi connectivity index (χ1) is 6.50. The van der Waals surface area contributed by atoms with Crippen LogP contribution in [0.1, 0.15) is 10.4 Å². The van der Waals surface area contributed by atoms with Crippen molar-refractivity contribution in [3.8, 4) is 0 Å². The Morgan fingerprint density at radius 1 is 1.50 bits per heavy atom. The largest absolute Gasteiger partial charge is 0.285 e. The molecule has 0 bridgehead atoms. The quantitative estimate of drug-likeness (QED) is 0.575. The van der Waals surface area contributed by atoms with Gasteiger partial charge >= 0.3 is 0 Å². The van der Waals surface area contributed by atoms with Gasteiger partial charge in [0.2, 0.25) is 0 Å². The van der Waals surface area contributed by atoms with Crippen LogP contribution in [0.15, 0.2) is 23.1 Å². The van der Waals surface area contributed by atoms with Gasteiger partial charge in [-0.2, -0.15) is 0 Å². The predicted molar refractivity (Wildman–Crippen MR) is 54.8 cm³/mol. The summed E-state index contributed by atoms with van der Waals surface area (Å²) in [6.45, 7) is 0. The van der Waals surface area contributed by atoms with Crippen LogP contribution in [0.25, 0.3) is 0 Å². The minimum atomic E-state index is -0.435. The summed E-state index contributed by atoms with van der Waals surface area (Å²) in [4.78, 5) is 11.6. The predicted octanol–water partition coefficient (Wildman–Crippen LogP) is 1.32. The van der Waals surface area contributed by atoms with Gasteiger partial charge in [-0.15, -0.1) is 12.6 Å². The first-order valence-corrected chi connectivity index (χ1v) is 4.42. The maximum Gasteiger partial charge on any atom is 0.265 e. The van der Waals surface area contributed by atoms with Gasteiger partial charge < -0.3 is 0 Å². The minimum absolute atomic E-state index is 0.163. The van der Waals surface area contributed by atoms with Crippen LogP contribution in [-0.2, 0) is 0 Å². The fourth-order valence-corrected chi connectivity index (χ4v) is 1.14. The summed E-state index contributed by atoms with van der Waals surface area (Å²) >= 11 is 3.88. The molecule has 0 saturated carbocycles. The molecule has 1 aromatic rings. The number of hydrogen-bond acceptors (Lipinski definition) is 3. The lowest BCUT2D eigenvalue weighted by Gasteiger charge is -2.11. The number of rotatable bonds is 2. The summed E-state index contributed by atoms with van der Waals surface area (Å²) in [5, 5.41) is 1.52. The Hall–Kier alpha value is -1.07. The van der Waals surface area contributed by atoms with Crippen molar-refractivity contribution in [3.05, 3.63) is 29.6 Å². The van der Waals surface area contributed by atoms with E-state index in [0.29, 0.717) is 5.56 Å². The molecule has 0 aliphatic heterocycles. The third-order valence-corrected chi connectivity index (χ3v) is 1.88. The topological polar surface area (TPSA) is 32.3 Å². The summed E-state index contributed by atoms with van der Waals surface area (Å²) in [6.07, 6.45) is 0. The zero-order chi connectivity index (χ0) is 10.7. The number of carbonyl (C=O) groups excluding carboxylic acids is 1. The van der Waals surface area contributed by atoms with Crippen molar-refractivity contribution >= 4 is 18.5 Å². The van der Waals surface area contributed by atoms with Crippen molar-refractivity contribution in [2.24, 2.45) is 0 Å². The molecule has 0 aliphatic rings. The molecule has 1 amide bonds. The molecule has 0 aliphatic carbocycles. The van der Waals surface area contributed by atoms with Crippen LogP contribution in [0.3, 0.4) is 0 Å². The summed E-state index contributed by atoms with van der Waals surface area (Å²) in [7, 11) is 3.39. The zero-order valence-corrected chi connectivity index (χ0v) is 8.81. The fourth-order valence-electron chi connectivity index (χ4n) is 0.922. The number of hydrazine groups is 1. The van der Waals surface area contributed by atoms with Crippen molar-refractivity contribution in [2.75, 3.05) is 14.1 Å². The summed E-state index contributed by atoms with van der Waals surface area (Å²) < 4.78 is 12.8. The van der Waals surface area contributed by atoms with E-state index in [-0.39, 0.29) is 10.8 Å². The van der Waals surface area contributed by atoms with E-state index < -0.39 is 5.82 Å². The van der Waals surface area contributed by atoms with Crippen molar-refractivity contribution < 1.29 is 9.18 Å². The number of thiol groups is 1. The van der Waals surface area contributed by atoms with Gasteiger partial charge in [-0.25, -0.2) is 9.40 Å². The third kappa shape index (κ3) is 2.71.